The number of halogens is 1. The second-order valence-corrected chi connectivity index (χ2v) is 6.85. The van der Waals surface area contributed by atoms with E-state index in [2.05, 4.69) is 0 Å². The maximum absolute atomic E-state index is 11.6. The predicted octanol–water partition coefficient (Wildman–Crippen LogP) is 1.15. The Kier molecular flexibility index (Phi) is 4.09. The first-order chi connectivity index (χ1) is 6.49. The van der Waals surface area contributed by atoms with Crippen LogP contribution in [-0.2, 0) is 9.84 Å². The molecule has 0 spiro atoms. The molecule has 0 aromatic rings. The summed E-state index contributed by atoms with van der Waals surface area (Å²) in [5.74, 6) is 1.21. The number of hydrogen-bond donors (Lipinski definition) is 0. The van der Waals surface area contributed by atoms with E-state index >= 15 is 0 Å². The minimum atomic E-state index is -3.22. The van der Waals surface area contributed by atoms with E-state index in [1.54, 1.807) is 6.92 Å². The van der Waals surface area contributed by atoms with Gasteiger partial charge in [-0.3, -0.25) is 4.79 Å². The van der Waals surface area contributed by atoms with Crippen molar-refractivity contribution in [2.75, 3.05) is 23.8 Å². The first-order valence-corrected chi connectivity index (χ1v) is 7.49. The monoisotopic (exact) mass is 257 g/mol. The van der Waals surface area contributed by atoms with Gasteiger partial charge in [0.25, 0.3) is 0 Å². The van der Waals surface area contributed by atoms with Crippen LogP contribution in [0.5, 0.6) is 0 Å². The largest absolute Gasteiger partial charge is 0.317 e. The van der Waals surface area contributed by atoms with Gasteiger partial charge in [0.05, 0.1) is 0 Å². The summed E-state index contributed by atoms with van der Waals surface area (Å²) in [6.45, 7) is 1.99. The summed E-state index contributed by atoms with van der Waals surface area (Å²) in [7, 11) is -3.22. The Morgan fingerprint density at radius 3 is 2.79 bits per heavy atom. The number of sulfone groups is 1. The number of carbonyl (C=O) groups excluding carboxylic acids is 1. The molecule has 1 atom stereocenters. The lowest BCUT2D eigenvalue weighted by Gasteiger charge is -2.32. The van der Waals surface area contributed by atoms with Gasteiger partial charge in [0.2, 0.25) is 0 Å². The summed E-state index contributed by atoms with van der Waals surface area (Å²) in [4.78, 5) is 12.2. The Labute approximate surface area is 92.9 Å². The van der Waals surface area contributed by atoms with Crippen LogP contribution >= 0.6 is 23.4 Å². The lowest BCUT2D eigenvalue weighted by Crippen LogP contribution is -2.48. The van der Waals surface area contributed by atoms with E-state index in [0.29, 0.717) is 12.3 Å². The van der Waals surface area contributed by atoms with Crippen molar-refractivity contribution >= 4 is 38.6 Å². The highest BCUT2D eigenvalue weighted by molar-refractivity contribution is 8.01. The zero-order valence-electron chi connectivity index (χ0n) is 7.77. The molecule has 0 saturated carbocycles. The molecular formula is C7H12ClNO3S2. The zero-order valence-corrected chi connectivity index (χ0v) is 10.2. The van der Waals surface area contributed by atoms with Crippen LogP contribution in [-0.4, -0.2) is 47.9 Å². The number of hydrogen-bond acceptors (Lipinski definition) is 4. The van der Waals surface area contributed by atoms with Gasteiger partial charge in [0, 0.05) is 23.8 Å². The molecule has 1 heterocycles. The third-order valence-corrected chi connectivity index (χ3v) is 5.63. The van der Waals surface area contributed by atoms with Crippen LogP contribution in [0.25, 0.3) is 0 Å². The molecule has 1 amide bonds. The molecule has 1 saturated heterocycles. The van der Waals surface area contributed by atoms with Crippen molar-refractivity contribution < 1.29 is 13.2 Å². The van der Waals surface area contributed by atoms with Crippen molar-refractivity contribution in [1.29, 1.82) is 0 Å². The van der Waals surface area contributed by atoms with Gasteiger partial charge < -0.3 is 4.90 Å². The molecule has 0 aromatic heterocycles. The van der Waals surface area contributed by atoms with Gasteiger partial charge in [-0.2, -0.15) is 11.8 Å². The molecule has 1 aliphatic heterocycles. The molecule has 4 nitrogen and oxygen atoms in total. The molecular weight excluding hydrogens is 246 g/mol. The van der Waals surface area contributed by atoms with Crippen molar-refractivity contribution in [3.63, 3.8) is 0 Å². The molecule has 1 rings (SSSR count). The third kappa shape index (κ3) is 2.55. The van der Waals surface area contributed by atoms with Crippen LogP contribution in [0.15, 0.2) is 0 Å². The maximum Gasteiger partial charge on any atom is 0.317 e. The summed E-state index contributed by atoms with van der Waals surface area (Å²) in [6.07, 6.45) is 0. The second kappa shape index (κ2) is 4.72. The van der Waals surface area contributed by atoms with E-state index < -0.39 is 20.6 Å². The Morgan fingerprint density at radius 2 is 2.29 bits per heavy atom. The Bertz CT molecular complexity index is 317. The summed E-state index contributed by atoms with van der Waals surface area (Å²) >= 11 is 6.86. The van der Waals surface area contributed by atoms with Crippen LogP contribution < -0.4 is 0 Å². The fourth-order valence-electron chi connectivity index (χ4n) is 1.27. The number of carbonyl (C=O) groups is 1. The van der Waals surface area contributed by atoms with E-state index in [1.165, 1.54) is 16.7 Å². The zero-order chi connectivity index (χ0) is 10.8. The fraction of sp³-hybridized carbons (Fsp3) is 0.857. The summed E-state index contributed by atoms with van der Waals surface area (Å²) in [5.41, 5.74) is 0. The highest BCUT2D eigenvalue weighted by atomic mass is 35.5. The minimum Gasteiger partial charge on any atom is -0.310 e. The van der Waals surface area contributed by atoms with Crippen LogP contribution in [0.2, 0.25) is 0 Å². The minimum absolute atomic E-state index is 0.0406. The third-order valence-electron chi connectivity index (χ3n) is 2.13. The maximum atomic E-state index is 11.6. The summed E-state index contributed by atoms with van der Waals surface area (Å²) in [6, 6.07) is 0. The first-order valence-electron chi connectivity index (χ1n) is 4.24. The van der Waals surface area contributed by atoms with Crippen molar-refractivity contribution in [2.45, 2.75) is 12.3 Å². The quantitative estimate of drug-likeness (QED) is 0.550. The molecule has 0 aromatic carbocycles. The highest BCUT2D eigenvalue weighted by Crippen LogP contribution is 2.22. The van der Waals surface area contributed by atoms with Gasteiger partial charge in [-0.05, 0) is 11.6 Å². The molecule has 82 valence electrons. The van der Waals surface area contributed by atoms with Crippen molar-refractivity contribution in [3.05, 3.63) is 0 Å². The van der Waals surface area contributed by atoms with Gasteiger partial charge in [-0.1, -0.05) is 6.92 Å². The summed E-state index contributed by atoms with van der Waals surface area (Å²) in [5, 5.41) is -1.41. The average molecular weight is 258 g/mol. The van der Waals surface area contributed by atoms with Gasteiger partial charge in [0.15, 0.2) is 9.84 Å². The van der Waals surface area contributed by atoms with E-state index in [0.717, 1.165) is 5.75 Å². The Morgan fingerprint density at radius 1 is 1.64 bits per heavy atom. The Hall–Kier alpha value is 0.0600. The Balaban J connectivity index is 2.88. The van der Waals surface area contributed by atoms with Crippen LogP contribution in [0.4, 0.5) is 4.79 Å². The molecule has 1 unspecified atom stereocenters. The number of nitrogens with zero attached hydrogens (tertiary/aromatic N) is 1. The van der Waals surface area contributed by atoms with E-state index in [9.17, 15) is 13.2 Å². The molecule has 0 radical (unpaired) electrons. The first kappa shape index (κ1) is 12.1. The normalized spacial score (nSPS) is 23.6. The molecule has 1 aliphatic rings. The molecule has 0 N–H and O–H groups in total. The van der Waals surface area contributed by atoms with Gasteiger partial charge in [0.1, 0.15) is 5.37 Å². The van der Waals surface area contributed by atoms with E-state index in [4.69, 9.17) is 11.6 Å². The topological polar surface area (TPSA) is 54.5 Å². The van der Waals surface area contributed by atoms with Gasteiger partial charge >= 0.3 is 5.37 Å². The van der Waals surface area contributed by atoms with Gasteiger partial charge in [-0.25, -0.2) is 8.42 Å². The smallest absolute Gasteiger partial charge is 0.310 e. The van der Waals surface area contributed by atoms with Crippen LogP contribution in [0.1, 0.15) is 6.92 Å². The average Bonchev–Trinajstić information content (AvgIpc) is 2.18. The SMILES string of the molecule is CCS(=O)(=O)C1CSCCN1C(=O)Cl. The molecule has 0 aliphatic carbocycles. The molecule has 1 fully saturated rings. The van der Waals surface area contributed by atoms with Crippen molar-refractivity contribution in [1.82, 2.24) is 4.90 Å². The van der Waals surface area contributed by atoms with Crippen LogP contribution in [0.3, 0.4) is 0 Å². The number of amides is 1. The molecule has 14 heavy (non-hydrogen) atoms. The lowest BCUT2D eigenvalue weighted by molar-refractivity contribution is 0.220. The van der Waals surface area contributed by atoms with Crippen LogP contribution in [0, 0.1) is 0 Å². The summed E-state index contributed by atoms with van der Waals surface area (Å²) < 4.78 is 23.2. The van der Waals surface area contributed by atoms with Crippen molar-refractivity contribution in [3.8, 4) is 0 Å². The van der Waals surface area contributed by atoms with Gasteiger partial charge in [-0.15, -0.1) is 0 Å². The van der Waals surface area contributed by atoms with E-state index in [1.807, 2.05) is 0 Å². The fourth-order valence-corrected chi connectivity index (χ4v) is 4.50. The molecule has 0 bridgehead atoms. The predicted molar refractivity (Wildman–Crippen MR) is 58.5 cm³/mol. The van der Waals surface area contributed by atoms with Crippen molar-refractivity contribution in [2.24, 2.45) is 0 Å². The number of thioether (sulfide) groups is 1. The number of rotatable bonds is 2. The highest BCUT2D eigenvalue weighted by Gasteiger charge is 2.34. The van der Waals surface area contributed by atoms with E-state index in [-0.39, 0.29) is 5.75 Å². The standard InChI is InChI=1S/C7H12ClNO3S2/c1-2-14(11,12)6-5-13-4-3-9(6)7(8)10/h6H,2-5H2,1H3. The lowest BCUT2D eigenvalue weighted by atomic mass is 10.5. The second-order valence-electron chi connectivity index (χ2n) is 2.93. The molecule has 7 heteroatoms.